The molecule has 1 atom stereocenters. The standard InChI is InChI=1S/C17H24N2O2/c1-3-8-18-17(13-21-11-10-20-2)15-7-6-14-5-4-9-19-16(14)12-15/h4-7,9,12,17-18H,3,8,10-11,13H2,1-2H3. The third-order valence-corrected chi connectivity index (χ3v) is 3.39. The summed E-state index contributed by atoms with van der Waals surface area (Å²) in [5.74, 6) is 0. The van der Waals surface area contributed by atoms with Crippen molar-refractivity contribution in [2.45, 2.75) is 19.4 Å². The van der Waals surface area contributed by atoms with E-state index >= 15 is 0 Å². The summed E-state index contributed by atoms with van der Waals surface area (Å²) in [6.07, 6.45) is 2.93. The van der Waals surface area contributed by atoms with E-state index < -0.39 is 0 Å². The van der Waals surface area contributed by atoms with Crippen LogP contribution in [0, 0.1) is 0 Å². The second-order valence-corrected chi connectivity index (χ2v) is 5.03. The SMILES string of the molecule is CCCNC(COCCOC)c1ccc2cccnc2c1. The van der Waals surface area contributed by atoms with Crippen LogP contribution in [-0.4, -0.2) is 38.5 Å². The molecule has 0 bridgehead atoms. The van der Waals surface area contributed by atoms with Crippen LogP contribution in [0.25, 0.3) is 10.9 Å². The average Bonchev–Trinajstić information content (AvgIpc) is 2.54. The fourth-order valence-electron chi connectivity index (χ4n) is 2.24. The third-order valence-electron chi connectivity index (χ3n) is 3.39. The van der Waals surface area contributed by atoms with Crippen LogP contribution in [0.2, 0.25) is 0 Å². The van der Waals surface area contributed by atoms with Gasteiger partial charge in [-0.05, 0) is 30.7 Å². The number of rotatable bonds is 9. The van der Waals surface area contributed by atoms with Crippen molar-refractivity contribution in [2.75, 3.05) is 33.5 Å². The quantitative estimate of drug-likeness (QED) is 0.721. The van der Waals surface area contributed by atoms with E-state index in [2.05, 4.69) is 41.5 Å². The number of fused-ring (bicyclic) bond motifs is 1. The molecule has 0 aliphatic carbocycles. The van der Waals surface area contributed by atoms with Gasteiger partial charge in [-0.3, -0.25) is 4.98 Å². The number of methoxy groups -OCH3 is 1. The maximum Gasteiger partial charge on any atom is 0.0705 e. The molecule has 1 aromatic carbocycles. The zero-order valence-electron chi connectivity index (χ0n) is 12.8. The van der Waals surface area contributed by atoms with Crippen molar-refractivity contribution in [3.8, 4) is 0 Å². The van der Waals surface area contributed by atoms with E-state index in [0.29, 0.717) is 19.8 Å². The Hall–Kier alpha value is -1.49. The Kier molecular flexibility index (Phi) is 6.60. The Labute approximate surface area is 126 Å². The van der Waals surface area contributed by atoms with Gasteiger partial charge in [0.2, 0.25) is 0 Å². The summed E-state index contributed by atoms with van der Waals surface area (Å²) in [5.41, 5.74) is 2.24. The molecule has 0 aliphatic rings. The van der Waals surface area contributed by atoms with Crippen molar-refractivity contribution in [1.82, 2.24) is 10.3 Å². The molecule has 0 spiro atoms. The molecule has 1 unspecified atom stereocenters. The van der Waals surface area contributed by atoms with Crippen molar-refractivity contribution in [3.63, 3.8) is 0 Å². The van der Waals surface area contributed by atoms with Gasteiger partial charge in [0.05, 0.1) is 31.4 Å². The summed E-state index contributed by atoms with van der Waals surface area (Å²) in [6, 6.07) is 10.6. The molecule has 2 rings (SSSR count). The van der Waals surface area contributed by atoms with Crippen molar-refractivity contribution >= 4 is 10.9 Å². The first-order valence-electron chi connectivity index (χ1n) is 7.50. The van der Waals surface area contributed by atoms with Crippen LogP contribution >= 0.6 is 0 Å². The molecular weight excluding hydrogens is 264 g/mol. The molecule has 0 aliphatic heterocycles. The number of pyridine rings is 1. The highest BCUT2D eigenvalue weighted by atomic mass is 16.5. The Morgan fingerprint density at radius 1 is 1.24 bits per heavy atom. The number of hydrogen-bond donors (Lipinski definition) is 1. The van der Waals surface area contributed by atoms with Gasteiger partial charge in [-0.15, -0.1) is 0 Å². The zero-order valence-corrected chi connectivity index (χ0v) is 12.8. The maximum atomic E-state index is 5.69. The van der Waals surface area contributed by atoms with Gasteiger partial charge in [0, 0.05) is 18.7 Å². The van der Waals surface area contributed by atoms with Crippen LogP contribution in [0.4, 0.5) is 0 Å². The normalized spacial score (nSPS) is 12.7. The fraction of sp³-hybridized carbons (Fsp3) is 0.471. The molecule has 1 aromatic heterocycles. The predicted octanol–water partition coefficient (Wildman–Crippen LogP) is 2.94. The number of nitrogens with one attached hydrogen (secondary N) is 1. The lowest BCUT2D eigenvalue weighted by Crippen LogP contribution is -2.27. The van der Waals surface area contributed by atoms with Crippen LogP contribution in [0.15, 0.2) is 36.5 Å². The van der Waals surface area contributed by atoms with Crippen LogP contribution in [0.3, 0.4) is 0 Å². The number of aromatic nitrogens is 1. The molecule has 2 aromatic rings. The van der Waals surface area contributed by atoms with E-state index in [1.807, 2.05) is 12.3 Å². The summed E-state index contributed by atoms with van der Waals surface area (Å²) in [7, 11) is 1.69. The van der Waals surface area contributed by atoms with Crippen molar-refractivity contribution in [3.05, 3.63) is 42.1 Å². The first-order chi connectivity index (χ1) is 10.3. The van der Waals surface area contributed by atoms with Gasteiger partial charge in [-0.1, -0.05) is 25.1 Å². The highest BCUT2D eigenvalue weighted by molar-refractivity contribution is 5.78. The summed E-state index contributed by atoms with van der Waals surface area (Å²) < 4.78 is 10.7. The van der Waals surface area contributed by atoms with Crippen molar-refractivity contribution < 1.29 is 9.47 Å². The van der Waals surface area contributed by atoms with E-state index in [0.717, 1.165) is 23.9 Å². The molecule has 1 heterocycles. The lowest BCUT2D eigenvalue weighted by Gasteiger charge is -2.19. The highest BCUT2D eigenvalue weighted by Gasteiger charge is 2.11. The largest absolute Gasteiger partial charge is 0.382 e. The molecule has 4 heteroatoms. The zero-order chi connectivity index (χ0) is 14.9. The first kappa shape index (κ1) is 15.9. The molecule has 4 nitrogen and oxygen atoms in total. The number of nitrogens with zero attached hydrogens (tertiary/aromatic N) is 1. The Bertz CT molecular complexity index is 545. The minimum atomic E-state index is 0.188. The van der Waals surface area contributed by atoms with E-state index in [1.54, 1.807) is 7.11 Å². The monoisotopic (exact) mass is 288 g/mol. The molecule has 1 N–H and O–H groups in total. The van der Waals surface area contributed by atoms with Gasteiger partial charge in [0.1, 0.15) is 0 Å². The second-order valence-electron chi connectivity index (χ2n) is 5.03. The lowest BCUT2D eigenvalue weighted by atomic mass is 10.0. The number of hydrogen-bond acceptors (Lipinski definition) is 4. The maximum absolute atomic E-state index is 5.69. The minimum absolute atomic E-state index is 0.188. The molecule has 0 saturated heterocycles. The Morgan fingerprint density at radius 3 is 2.95 bits per heavy atom. The summed E-state index contributed by atoms with van der Waals surface area (Å²) >= 11 is 0. The minimum Gasteiger partial charge on any atom is -0.382 e. The first-order valence-corrected chi connectivity index (χ1v) is 7.50. The van der Waals surface area contributed by atoms with E-state index in [1.165, 1.54) is 5.56 Å². The van der Waals surface area contributed by atoms with Gasteiger partial charge < -0.3 is 14.8 Å². The molecule has 0 amide bonds. The predicted molar refractivity (Wildman–Crippen MR) is 85.5 cm³/mol. The third kappa shape index (κ3) is 4.77. The van der Waals surface area contributed by atoms with Crippen LogP contribution in [-0.2, 0) is 9.47 Å². The van der Waals surface area contributed by atoms with Crippen LogP contribution in [0.1, 0.15) is 24.9 Å². The van der Waals surface area contributed by atoms with Crippen molar-refractivity contribution in [2.24, 2.45) is 0 Å². The fourth-order valence-corrected chi connectivity index (χ4v) is 2.24. The number of ether oxygens (including phenoxy) is 2. The molecule has 21 heavy (non-hydrogen) atoms. The molecule has 0 fully saturated rings. The molecule has 0 saturated carbocycles. The average molecular weight is 288 g/mol. The van der Waals surface area contributed by atoms with Gasteiger partial charge in [-0.2, -0.15) is 0 Å². The van der Waals surface area contributed by atoms with Crippen LogP contribution in [0.5, 0.6) is 0 Å². The number of benzene rings is 1. The van der Waals surface area contributed by atoms with Gasteiger partial charge in [-0.25, -0.2) is 0 Å². The molecular formula is C17H24N2O2. The van der Waals surface area contributed by atoms with Gasteiger partial charge in [0.15, 0.2) is 0 Å². The molecule has 0 radical (unpaired) electrons. The Balaban J connectivity index is 2.08. The van der Waals surface area contributed by atoms with E-state index in [9.17, 15) is 0 Å². The van der Waals surface area contributed by atoms with Gasteiger partial charge in [0.25, 0.3) is 0 Å². The highest BCUT2D eigenvalue weighted by Crippen LogP contribution is 2.19. The van der Waals surface area contributed by atoms with E-state index in [-0.39, 0.29) is 6.04 Å². The van der Waals surface area contributed by atoms with Crippen molar-refractivity contribution in [1.29, 1.82) is 0 Å². The Morgan fingerprint density at radius 2 is 2.14 bits per heavy atom. The van der Waals surface area contributed by atoms with Gasteiger partial charge >= 0.3 is 0 Å². The topological polar surface area (TPSA) is 43.4 Å². The summed E-state index contributed by atoms with van der Waals surface area (Å²) in [4.78, 5) is 4.43. The van der Waals surface area contributed by atoms with Crippen LogP contribution < -0.4 is 5.32 Å². The summed E-state index contributed by atoms with van der Waals surface area (Å²) in [6.45, 7) is 5.02. The molecule has 114 valence electrons. The van der Waals surface area contributed by atoms with E-state index in [4.69, 9.17) is 9.47 Å². The second kappa shape index (κ2) is 8.72. The lowest BCUT2D eigenvalue weighted by molar-refractivity contribution is 0.0586. The smallest absolute Gasteiger partial charge is 0.0705 e. The summed E-state index contributed by atoms with van der Waals surface area (Å²) in [5, 5.41) is 4.70.